The summed E-state index contributed by atoms with van der Waals surface area (Å²) in [7, 11) is 0. The fourth-order valence-electron chi connectivity index (χ4n) is 0.894. The fourth-order valence-corrected chi connectivity index (χ4v) is 0.894. The molecule has 0 saturated carbocycles. The van der Waals surface area contributed by atoms with E-state index >= 15 is 0 Å². The number of hydrogen-bond donors (Lipinski definition) is 0. The molecule has 0 atom stereocenters. The largest absolute Gasteiger partial charge is 0.191 e. The van der Waals surface area contributed by atoms with Gasteiger partial charge in [0.1, 0.15) is 6.07 Å². The van der Waals surface area contributed by atoms with Crippen LogP contribution in [0.2, 0.25) is 0 Å². The van der Waals surface area contributed by atoms with Crippen LogP contribution in [-0.2, 0) is 0 Å². The van der Waals surface area contributed by atoms with Crippen LogP contribution in [0.5, 0.6) is 0 Å². The Morgan fingerprint density at radius 1 is 1.55 bits per heavy atom. The number of nitrogens with zero attached hydrogens (tertiary/aromatic N) is 3. The number of aromatic nitrogens is 2. The van der Waals surface area contributed by atoms with Gasteiger partial charge >= 0.3 is 0 Å². The molecule has 56 valence electrons. The van der Waals surface area contributed by atoms with Crippen LogP contribution in [0.1, 0.15) is 31.0 Å². The van der Waals surface area contributed by atoms with E-state index in [2.05, 4.69) is 10.2 Å². The normalized spacial score (nSPS) is 9.64. The molecule has 1 aromatic heterocycles. The van der Waals surface area contributed by atoms with Gasteiger partial charge in [0.25, 0.3) is 0 Å². The summed E-state index contributed by atoms with van der Waals surface area (Å²) in [5, 5.41) is 15.9. The first-order chi connectivity index (χ1) is 5.25. The van der Waals surface area contributed by atoms with Gasteiger partial charge in [0.05, 0.1) is 0 Å². The van der Waals surface area contributed by atoms with Crippen LogP contribution < -0.4 is 0 Å². The summed E-state index contributed by atoms with van der Waals surface area (Å²) in [6.07, 6.45) is 1.61. The van der Waals surface area contributed by atoms with Crippen molar-refractivity contribution in [3.63, 3.8) is 0 Å². The highest BCUT2D eigenvalue weighted by molar-refractivity contribution is 5.30. The second-order valence-electron chi connectivity index (χ2n) is 2.60. The van der Waals surface area contributed by atoms with Crippen molar-refractivity contribution in [1.29, 1.82) is 5.26 Å². The van der Waals surface area contributed by atoms with Crippen LogP contribution in [0.3, 0.4) is 0 Å². The molecule has 0 aliphatic rings. The lowest BCUT2D eigenvalue weighted by Crippen LogP contribution is -1.96. The number of nitriles is 1. The number of rotatable bonds is 1. The molecule has 0 fully saturated rings. The Balaban J connectivity index is 3.15. The summed E-state index contributed by atoms with van der Waals surface area (Å²) < 4.78 is 0. The summed E-state index contributed by atoms with van der Waals surface area (Å²) in [6.45, 7) is 4.05. The Bertz CT molecular complexity index is 286. The fraction of sp³-hybridized carbons (Fsp3) is 0.375. The molecule has 0 saturated heterocycles. The number of hydrogen-bond acceptors (Lipinski definition) is 3. The predicted octanol–water partition coefficient (Wildman–Crippen LogP) is 1.47. The highest BCUT2D eigenvalue weighted by atomic mass is 15.1. The Morgan fingerprint density at radius 3 is 2.73 bits per heavy atom. The summed E-state index contributed by atoms with van der Waals surface area (Å²) in [4.78, 5) is 0. The van der Waals surface area contributed by atoms with Crippen LogP contribution in [-0.4, -0.2) is 10.2 Å². The van der Waals surface area contributed by atoms with E-state index in [1.807, 2.05) is 26.0 Å². The van der Waals surface area contributed by atoms with Gasteiger partial charge in [-0.05, 0) is 17.5 Å². The Kier molecular flexibility index (Phi) is 2.17. The second kappa shape index (κ2) is 3.11. The quantitative estimate of drug-likeness (QED) is 0.604. The molecule has 0 aliphatic heterocycles. The standard InChI is InChI=1S/C8H9N3/c1-6(2)7-3-4-10-11-8(7)5-9/h3-4,6H,1-2H3. The summed E-state index contributed by atoms with van der Waals surface area (Å²) >= 11 is 0. The van der Waals surface area contributed by atoms with Gasteiger partial charge in [0, 0.05) is 6.20 Å². The van der Waals surface area contributed by atoms with Crippen LogP contribution >= 0.6 is 0 Å². The molecule has 0 spiro atoms. The SMILES string of the molecule is CC(C)c1ccnnc1C#N. The maximum absolute atomic E-state index is 8.61. The average molecular weight is 147 g/mol. The van der Waals surface area contributed by atoms with Gasteiger partial charge in [-0.3, -0.25) is 0 Å². The van der Waals surface area contributed by atoms with Crippen LogP contribution in [0.15, 0.2) is 12.3 Å². The van der Waals surface area contributed by atoms with Crippen LogP contribution in [0.25, 0.3) is 0 Å². The maximum atomic E-state index is 8.61. The third kappa shape index (κ3) is 1.53. The first-order valence-electron chi connectivity index (χ1n) is 3.47. The van der Waals surface area contributed by atoms with Crippen molar-refractivity contribution in [3.05, 3.63) is 23.5 Å². The van der Waals surface area contributed by atoms with E-state index in [0.717, 1.165) is 5.56 Å². The highest BCUT2D eigenvalue weighted by Crippen LogP contribution is 2.14. The van der Waals surface area contributed by atoms with Crippen LogP contribution in [0, 0.1) is 11.3 Å². The molecule has 1 aromatic rings. The van der Waals surface area contributed by atoms with Gasteiger partial charge < -0.3 is 0 Å². The van der Waals surface area contributed by atoms with E-state index in [4.69, 9.17) is 5.26 Å². The van der Waals surface area contributed by atoms with Gasteiger partial charge in [-0.25, -0.2) is 0 Å². The van der Waals surface area contributed by atoms with E-state index in [1.54, 1.807) is 6.20 Å². The summed E-state index contributed by atoms with van der Waals surface area (Å²) in [6, 6.07) is 3.83. The smallest absolute Gasteiger partial charge is 0.166 e. The Labute approximate surface area is 65.7 Å². The van der Waals surface area contributed by atoms with Gasteiger partial charge in [0.2, 0.25) is 0 Å². The minimum absolute atomic E-state index is 0.333. The lowest BCUT2D eigenvalue weighted by atomic mass is 10.0. The third-order valence-electron chi connectivity index (χ3n) is 1.48. The molecular formula is C8H9N3. The van der Waals surface area contributed by atoms with Gasteiger partial charge in [-0.2, -0.15) is 10.4 Å². The summed E-state index contributed by atoms with van der Waals surface area (Å²) in [5.74, 6) is 0.333. The van der Waals surface area contributed by atoms with Crippen molar-refractivity contribution in [3.8, 4) is 6.07 Å². The lowest BCUT2D eigenvalue weighted by molar-refractivity contribution is 0.832. The zero-order valence-electron chi connectivity index (χ0n) is 6.57. The maximum Gasteiger partial charge on any atom is 0.166 e. The Morgan fingerprint density at radius 2 is 2.27 bits per heavy atom. The van der Waals surface area contributed by atoms with Crippen molar-refractivity contribution in [2.75, 3.05) is 0 Å². The van der Waals surface area contributed by atoms with E-state index < -0.39 is 0 Å². The van der Waals surface area contributed by atoms with E-state index in [1.165, 1.54) is 0 Å². The topological polar surface area (TPSA) is 49.6 Å². The van der Waals surface area contributed by atoms with Crippen molar-refractivity contribution >= 4 is 0 Å². The minimum Gasteiger partial charge on any atom is -0.191 e. The molecule has 1 heterocycles. The lowest BCUT2D eigenvalue weighted by Gasteiger charge is -2.03. The molecule has 0 aliphatic carbocycles. The summed E-state index contributed by atoms with van der Waals surface area (Å²) in [5.41, 5.74) is 1.39. The second-order valence-corrected chi connectivity index (χ2v) is 2.60. The molecule has 0 bridgehead atoms. The van der Waals surface area contributed by atoms with Gasteiger partial charge in [0.15, 0.2) is 5.69 Å². The first-order valence-corrected chi connectivity index (χ1v) is 3.47. The molecule has 11 heavy (non-hydrogen) atoms. The zero-order chi connectivity index (χ0) is 8.27. The van der Waals surface area contributed by atoms with E-state index in [0.29, 0.717) is 11.6 Å². The highest BCUT2D eigenvalue weighted by Gasteiger charge is 2.05. The molecule has 0 N–H and O–H groups in total. The van der Waals surface area contributed by atoms with Crippen molar-refractivity contribution in [2.24, 2.45) is 0 Å². The molecular weight excluding hydrogens is 138 g/mol. The molecule has 0 amide bonds. The molecule has 0 radical (unpaired) electrons. The molecule has 3 nitrogen and oxygen atoms in total. The van der Waals surface area contributed by atoms with Crippen molar-refractivity contribution in [2.45, 2.75) is 19.8 Å². The van der Waals surface area contributed by atoms with E-state index in [-0.39, 0.29) is 0 Å². The molecule has 1 rings (SSSR count). The average Bonchev–Trinajstić information content (AvgIpc) is 2.04. The van der Waals surface area contributed by atoms with E-state index in [9.17, 15) is 0 Å². The monoisotopic (exact) mass is 147 g/mol. The minimum atomic E-state index is 0.333. The first kappa shape index (κ1) is 7.67. The molecule has 0 aromatic carbocycles. The van der Waals surface area contributed by atoms with Crippen molar-refractivity contribution < 1.29 is 0 Å². The molecule has 0 unspecified atom stereocenters. The van der Waals surface area contributed by atoms with Crippen molar-refractivity contribution in [1.82, 2.24) is 10.2 Å². The predicted molar refractivity (Wildman–Crippen MR) is 40.8 cm³/mol. The zero-order valence-corrected chi connectivity index (χ0v) is 6.57. The van der Waals surface area contributed by atoms with Gasteiger partial charge in [-0.1, -0.05) is 13.8 Å². The van der Waals surface area contributed by atoms with Crippen LogP contribution in [0.4, 0.5) is 0 Å². The molecule has 3 heteroatoms. The Hall–Kier alpha value is -1.43. The van der Waals surface area contributed by atoms with Gasteiger partial charge in [-0.15, -0.1) is 5.10 Å². The third-order valence-corrected chi connectivity index (χ3v) is 1.48.